The highest BCUT2D eigenvalue weighted by molar-refractivity contribution is 9.10. The lowest BCUT2D eigenvalue weighted by Crippen LogP contribution is -2.37. The molecule has 1 aromatic heterocycles. The highest BCUT2D eigenvalue weighted by Crippen LogP contribution is 2.38. The largest absolute Gasteiger partial charge is 0.450 e. The van der Waals surface area contributed by atoms with Crippen molar-refractivity contribution < 1.29 is 9.21 Å². The van der Waals surface area contributed by atoms with E-state index in [1.165, 1.54) is 0 Å². The van der Waals surface area contributed by atoms with Crippen LogP contribution in [-0.2, 0) is 0 Å². The second-order valence-corrected chi connectivity index (χ2v) is 8.57. The lowest BCUT2D eigenvalue weighted by atomic mass is 9.98. The van der Waals surface area contributed by atoms with E-state index < -0.39 is 6.04 Å². The van der Waals surface area contributed by atoms with E-state index in [1.807, 2.05) is 43.3 Å². The number of carbonyl (C=O) groups is 1. The minimum atomic E-state index is -0.457. The van der Waals surface area contributed by atoms with Crippen LogP contribution >= 0.6 is 15.9 Å². The maximum absolute atomic E-state index is 13.5. The van der Waals surface area contributed by atoms with Crippen molar-refractivity contribution in [1.29, 1.82) is 0 Å². The summed E-state index contributed by atoms with van der Waals surface area (Å²) in [6.07, 6.45) is 0. The van der Waals surface area contributed by atoms with Gasteiger partial charge in [0, 0.05) is 17.6 Å². The topological polar surface area (TPSA) is 53.8 Å². The van der Waals surface area contributed by atoms with Crippen LogP contribution in [0, 0.1) is 6.92 Å². The summed E-state index contributed by atoms with van der Waals surface area (Å²) in [6, 6.07) is 12.8. The zero-order valence-corrected chi connectivity index (χ0v) is 19.0. The molecule has 0 spiro atoms. The van der Waals surface area contributed by atoms with Crippen molar-refractivity contribution in [3.63, 3.8) is 0 Å². The summed E-state index contributed by atoms with van der Waals surface area (Å²) in [5.41, 5.74) is 2.65. The molecular formula is C24H25BrN2O3. The molecule has 5 nitrogen and oxygen atoms in total. The molecule has 1 unspecified atom stereocenters. The SMILES string of the molecule is CCN(CC)CCN1C(=O)c2oc3ccc(C)cc3c(=O)c2C1c1cccc(Br)c1. The lowest BCUT2D eigenvalue weighted by molar-refractivity contribution is 0.0708. The summed E-state index contributed by atoms with van der Waals surface area (Å²) in [7, 11) is 0. The molecule has 1 aliphatic heterocycles. The van der Waals surface area contributed by atoms with Crippen LogP contribution in [-0.4, -0.2) is 41.9 Å². The molecule has 1 amide bonds. The number of halogens is 1. The van der Waals surface area contributed by atoms with Crippen molar-refractivity contribution in [2.24, 2.45) is 0 Å². The highest BCUT2D eigenvalue weighted by atomic mass is 79.9. The molecule has 6 heteroatoms. The summed E-state index contributed by atoms with van der Waals surface area (Å²) in [5.74, 6) is -0.0532. The number of carbonyl (C=O) groups excluding carboxylic acids is 1. The van der Waals surface area contributed by atoms with E-state index in [-0.39, 0.29) is 17.1 Å². The molecule has 2 aromatic carbocycles. The molecule has 156 valence electrons. The molecule has 0 aliphatic carbocycles. The Balaban J connectivity index is 1.89. The summed E-state index contributed by atoms with van der Waals surface area (Å²) in [4.78, 5) is 30.9. The Morgan fingerprint density at radius 1 is 1.10 bits per heavy atom. The number of hydrogen-bond donors (Lipinski definition) is 0. The average molecular weight is 469 g/mol. The molecule has 0 saturated carbocycles. The van der Waals surface area contributed by atoms with Gasteiger partial charge in [-0.2, -0.15) is 0 Å². The maximum atomic E-state index is 13.5. The molecule has 1 aliphatic rings. The van der Waals surface area contributed by atoms with Gasteiger partial charge in [-0.05, 0) is 49.8 Å². The molecule has 4 rings (SSSR count). The standard InChI is InChI=1S/C24H25BrN2O3/c1-4-26(5-2)11-12-27-21(16-7-6-8-17(25)14-16)20-22(28)18-13-15(3)9-10-19(18)30-23(20)24(27)29/h6-10,13-14,21H,4-5,11-12H2,1-3H3. The minimum Gasteiger partial charge on any atom is -0.450 e. The van der Waals surface area contributed by atoms with Crippen LogP contribution < -0.4 is 5.43 Å². The van der Waals surface area contributed by atoms with Gasteiger partial charge in [0.2, 0.25) is 5.76 Å². The van der Waals surface area contributed by atoms with Crippen molar-refractivity contribution in [2.75, 3.05) is 26.2 Å². The normalized spacial score (nSPS) is 16.0. The molecule has 0 saturated heterocycles. The zero-order valence-electron chi connectivity index (χ0n) is 17.4. The van der Waals surface area contributed by atoms with Crippen LogP contribution in [0.4, 0.5) is 0 Å². The summed E-state index contributed by atoms with van der Waals surface area (Å²) in [5, 5.41) is 0.520. The number of fused-ring (bicyclic) bond motifs is 2. The van der Waals surface area contributed by atoms with Gasteiger partial charge in [-0.1, -0.05) is 53.5 Å². The highest BCUT2D eigenvalue weighted by Gasteiger charge is 2.42. The Labute approximate surface area is 184 Å². The van der Waals surface area contributed by atoms with Gasteiger partial charge < -0.3 is 14.2 Å². The van der Waals surface area contributed by atoms with Crippen LogP contribution in [0.5, 0.6) is 0 Å². The van der Waals surface area contributed by atoms with Gasteiger partial charge in [-0.15, -0.1) is 0 Å². The van der Waals surface area contributed by atoms with E-state index in [9.17, 15) is 9.59 Å². The molecule has 1 atom stereocenters. The first-order valence-electron chi connectivity index (χ1n) is 10.3. The summed E-state index contributed by atoms with van der Waals surface area (Å²) >= 11 is 3.52. The number of benzene rings is 2. The zero-order chi connectivity index (χ0) is 21.4. The molecule has 0 bridgehead atoms. The van der Waals surface area contributed by atoms with Gasteiger partial charge in [-0.25, -0.2) is 0 Å². The van der Waals surface area contributed by atoms with Crippen molar-refractivity contribution in [2.45, 2.75) is 26.8 Å². The van der Waals surface area contributed by atoms with Crippen molar-refractivity contribution >= 4 is 32.8 Å². The Morgan fingerprint density at radius 3 is 2.57 bits per heavy atom. The lowest BCUT2D eigenvalue weighted by Gasteiger charge is -2.28. The first-order valence-corrected chi connectivity index (χ1v) is 11.1. The van der Waals surface area contributed by atoms with Crippen LogP contribution in [0.25, 0.3) is 11.0 Å². The molecule has 0 fully saturated rings. The number of nitrogens with zero attached hydrogens (tertiary/aromatic N) is 2. The number of aryl methyl sites for hydroxylation is 1. The number of amides is 1. The molecule has 30 heavy (non-hydrogen) atoms. The van der Waals surface area contributed by atoms with Gasteiger partial charge in [0.15, 0.2) is 5.43 Å². The molecule has 2 heterocycles. The van der Waals surface area contributed by atoms with E-state index in [2.05, 4.69) is 34.7 Å². The minimum absolute atomic E-state index is 0.126. The predicted octanol–water partition coefficient (Wildman–Crippen LogP) is 4.75. The average Bonchev–Trinajstić information content (AvgIpc) is 3.02. The predicted molar refractivity (Wildman–Crippen MR) is 122 cm³/mol. The molecular weight excluding hydrogens is 444 g/mol. The van der Waals surface area contributed by atoms with Gasteiger partial charge in [0.1, 0.15) is 5.58 Å². The van der Waals surface area contributed by atoms with E-state index >= 15 is 0 Å². The first kappa shape index (κ1) is 20.8. The third kappa shape index (κ3) is 3.59. The second-order valence-electron chi connectivity index (χ2n) is 7.66. The summed E-state index contributed by atoms with van der Waals surface area (Å²) < 4.78 is 6.92. The quantitative estimate of drug-likeness (QED) is 0.523. The van der Waals surface area contributed by atoms with Gasteiger partial charge in [-0.3, -0.25) is 9.59 Å². The molecule has 3 aromatic rings. The van der Waals surface area contributed by atoms with Gasteiger partial charge >= 0.3 is 0 Å². The maximum Gasteiger partial charge on any atom is 0.290 e. The summed E-state index contributed by atoms with van der Waals surface area (Å²) in [6.45, 7) is 9.24. The second kappa shape index (κ2) is 8.36. The fourth-order valence-electron chi connectivity index (χ4n) is 4.18. The van der Waals surface area contributed by atoms with Crippen LogP contribution in [0.15, 0.2) is 56.1 Å². The fraction of sp³-hybridized carbons (Fsp3) is 0.333. The fourth-order valence-corrected chi connectivity index (χ4v) is 4.59. The Kier molecular flexibility index (Phi) is 5.80. The Hall–Kier alpha value is -2.44. The molecule has 0 radical (unpaired) electrons. The van der Waals surface area contributed by atoms with E-state index in [4.69, 9.17) is 4.42 Å². The Bertz CT molecular complexity index is 1170. The van der Waals surface area contributed by atoms with E-state index in [0.29, 0.717) is 23.1 Å². The third-order valence-corrected chi connectivity index (χ3v) is 6.33. The Morgan fingerprint density at radius 2 is 1.87 bits per heavy atom. The number of likely N-dealkylation sites (N-methyl/N-ethyl adjacent to an activating group) is 1. The van der Waals surface area contributed by atoms with E-state index in [0.717, 1.165) is 35.2 Å². The van der Waals surface area contributed by atoms with Crippen LogP contribution in [0.1, 0.15) is 47.1 Å². The van der Waals surface area contributed by atoms with Crippen LogP contribution in [0.2, 0.25) is 0 Å². The number of rotatable bonds is 6. The van der Waals surface area contributed by atoms with Crippen molar-refractivity contribution in [3.8, 4) is 0 Å². The molecule has 0 N–H and O–H groups in total. The van der Waals surface area contributed by atoms with Crippen molar-refractivity contribution in [1.82, 2.24) is 9.80 Å². The monoisotopic (exact) mass is 468 g/mol. The van der Waals surface area contributed by atoms with Gasteiger partial charge in [0.25, 0.3) is 5.91 Å². The van der Waals surface area contributed by atoms with Crippen molar-refractivity contribution in [3.05, 3.63) is 79.6 Å². The first-order chi connectivity index (χ1) is 14.4. The van der Waals surface area contributed by atoms with Crippen LogP contribution in [0.3, 0.4) is 0 Å². The number of hydrogen-bond acceptors (Lipinski definition) is 4. The smallest absolute Gasteiger partial charge is 0.290 e. The van der Waals surface area contributed by atoms with Gasteiger partial charge in [0.05, 0.1) is 17.0 Å². The third-order valence-electron chi connectivity index (χ3n) is 5.84. The van der Waals surface area contributed by atoms with E-state index in [1.54, 1.807) is 11.0 Å².